The van der Waals surface area contributed by atoms with E-state index < -0.39 is 0 Å². The molecule has 1 aromatic heterocycles. The van der Waals surface area contributed by atoms with Crippen molar-refractivity contribution in [3.8, 4) is 0 Å². The Morgan fingerprint density at radius 3 is 2.31 bits per heavy atom. The van der Waals surface area contributed by atoms with Crippen LogP contribution in [0.3, 0.4) is 0 Å². The average molecular weight is 372 g/mol. The average Bonchev–Trinajstić information content (AvgIpc) is 3.27. The largest absolute Gasteiger partial charge is 0.360 e. The van der Waals surface area contributed by atoms with E-state index in [1.807, 2.05) is 0 Å². The van der Waals surface area contributed by atoms with Crippen molar-refractivity contribution < 1.29 is 4.90 Å². The van der Waals surface area contributed by atoms with Gasteiger partial charge in [-0.05, 0) is 51.0 Å². The number of hydrogen-bond donors (Lipinski definition) is 1. The summed E-state index contributed by atoms with van der Waals surface area (Å²) in [6.45, 7) is 10.1. The van der Waals surface area contributed by atoms with Crippen LogP contribution in [0.5, 0.6) is 0 Å². The highest BCUT2D eigenvalue weighted by molar-refractivity contribution is 7.71. The number of aromatic nitrogens is 2. The molecule has 1 aliphatic carbocycles. The number of rotatable bonds is 4. The first-order valence-electron chi connectivity index (χ1n) is 10.1. The SMILES string of the molecule is Cc1c(C)n(C2CCCC2)c(=S)n1C[NH+]1CCN(c2ccccc2)CC1. The predicted octanol–water partition coefficient (Wildman–Crippen LogP) is 3.11. The van der Waals surface area contributed by atoms with E-state index in [9.17, 15) is 0 Å². The Morgan fingerprint density at radius 1 is 1.00 bits per heavy atom. The zero-order valence-corrected chi connectivity index (χ0v) is 16.9. The molecule has 2 aliphatic rings. The number of nitrogens with one attached hydrogen (secondary N) is 1. The summed E-state index contributed by atoms with van der Waals surface area (Å²) >= 11 is 5.91. The van der Waals surface area contributed by atoms with Gasteiger partial charge in [0.2, 0.25) is 0 Å². The van der Waals surface area contributed by atoms with Crippen LogP contribution in [-0.4, -0.2) is 35.3 Å². The molecule has 1 saturated heterocycles. The molecule has 0 amide bonds. The van der Waals surface area contributed by atoms with E-state index in [0.717, 1.165) is 24.5 Å². The second-order valence-corrected chi connectivity index (χ2v) is 8.29. The van der Waals surface area contributed by atoms with Gasteiger partial charge in [-0.1, -0.05) is 31.0 Å². The lowest BCUT2D eigenvalue weighted by atomic mass is 10.2. The number of nitrogens with zero attached hydrogens (tertiary/aromatic N) is 3. The molecule has 0 bridgehead atoms. The number of piperazine rings is 1. The molecule has 0 atom stereocenters. The fourth-order valence-corrected chi connectivity index (χ4v) is 5.15. The fraction of sp³-hybridized carbons (Fsp3) is 0.571. The van der Waals surface area contributed by atoms with Gasteiger partial charge < -0.3 is 14.4 Å². The Labute approximate surface area is 162 Å². The number of para-hydroxylation sites is 1. The third kappa shape index (κ3) is 3.35. The van der Waals surface area contributed by atoms with Crippen molar-refractivity contribution in [2.75, 3.05) is 31.1 Å². The molecule has 2 fully saturated rings. The highest BCUT2D eigenvalue weighted by atomic mass is 32.1. The first-order valence-corrected chi connectivity index (χ1v) is 10.5. The number of anilines is 1. The quantitative estimate of drug-likeness (QED) is 0.832. The topological polar surface area (TPSA) is 17.5 Å². The summed E-state index contributed by atoms with van der Waals surface area (Å²) < 4.78 is 5.90. The number of hydrogen-bond acceptors (Lipinski definition) is 2. The van der Waals surface area contributed by atoms with E-state index in [4.69, 9.17) is 12.2 Å². The van der Waals surface area contributed by atoms with Crippen molar-refractivity contribution in [2.45, 2.75) is 52.2 Å². The molecule has 0 radical (unpaired) electrons. The monoisotopic (exact) mass is 371 g/mol. The van der Waals surface area contributed by atoms with E-state index in [0.29, 0.717) is 6.04 Å². The first-order chi connectivity index (χ1) is 12.6. The van der Waals surface area contributed by atoms with Gasteiger partial charge in [-0.3, -0.25) is 4.57 Å². The number of quaternary nitrogens is 1. The number of benzene rings is 1. The van der Waals surface area contributed by atoms with Gasteiger partial charge in [0.1, 0.15) is 0 Å². The zero-order chi connectivity index (χ0) is 18.1. The van der Waals surface area contributed by atoms with Crippen LogP contribution in [0.2, 0.25) is 0 Å². The molecule has 1 aromatic carbocycles. The van der Waals surface area contributed by atoms with E-state index >= 15 is 0 Å². The van der Waals surface area contributed by atoms with Gasteiger partial charge in [-0.25, -0.2) is 0 Å². The summed E-state index contributed by atoms with van der Waals surface area (Å²) in [5.74, 6) is 0. The summed E-state index contributed by atoms with van der Waals surface area (Å²) in [6, 6.07) is 11.4. The maximum absolute atomic E-state index is 5.91. The lowest BCUT2D eigenvalue weighted by molar-refractivity contribution is -0.923. The second kappa shape index (κ2) is 7.57. The van der Waals surface area contributed by atoms with E-state index in [-0.39, 0.29) is 0 Å². The maximum atomic E-state index is 5.91. The first kappa shape index (κ1) is 17.8. The van der Waals surface area contributed by atoms with Crippen molar-refractivity contribution in [2.24, 2.45) is 0 Å². The van der Waals surface area contributed by atoms with E-state index in [2.05, 4.69) is 58.2 Å². The van der Waals surface area contributed by atoms with Crippen LogP contribution in [0.15, 0.2) is 30.3 Å². The summed E-state index contributed by atoms with van der Waals surface area (Å²) in [4.78, 5) is 4.14. The summed E-state index contributed by atoms with van der Waals surface area (Å²) in [5.41, 5.74) is 4.09. The number of imidazole rings is 1. The minimum Gasteiger partial charge on any atom is -0.360 e. The van der Waals surface area contributed by atoms with Crippen molar-refractivity contribution in [3.05, 3.63) is 46.5 Å². The van der Waals surface area contributed by atoms with Crippen LogP contribution in [-0.2, 0) is 6.67 Å². The van der Waals surface area contributed by atoms with Crippen LogP contribution in [0.25, 0.3) is 0 Å². The van der Waals surface area contributed by atoms with Crippen molar-refractivity contribution >= 4 is 17.9 Å². The summed E-state index contributed by atoms with van der Waals surface area (Å²) in [6.07, 6.45) is 5.29. The molecule has 1 N–H and O–H groups in total. The lowest BCUT2D eigenvalue weighted by Gasteiger charge is -2.33. The van der Waals surface area contributed by atoms with E-state index in [1.165, 1.54) is 55.8 Å². The van der Waals surface area contributed by atoms with Crippen LogP contribution in [0.1, 0.15) is 43.1 Å². The van der Waals surface area contributed by atoms with Gasteiger partial charge in [0.25, 0.3) is 0 Å². The second-order valence-electron chi connectivity index (χ2n) is 7.92. The molecule has 4 nitrogen and oxygen atoms in total. The molecule has 2 heterocycles. The minimum atomic E-state index is 0.632. The van der Waals surface area contributed by atoms with Crippen molar-refractivity contribution in [1.29, 1.82) is 0 Å². The fourth-order valence-electron chi connectivity index (χ4n) is 4.67. The van der Waals surface area contributed by atoms with Gasteiger partial charge in [-0.2, -0.15) is 0 Å². The maximum Gasteiger partial charge on any atom is 0.184 e. The molecule has 1 saturated carbocycles. The smallest absolute Gasteiger partial charge is 0.184 e. The summed E-state index contributed by atoms with van der Waals surface area (Å²) in [7, 11) is 0. The van der Waals surface area contributed by atoms with Gasteiger partial charge in [-0.15, -0.1) is 0 Å². The standard InChI is InChI=1S/C21H30N4S/c1-17-18(2)25(20-10-6-7-11-20)21(26)24(17)16-22-12-14-23(15-13-22)19-8-4-3-5-9-19/h3-5,8-9,20H,6-7,10-16H2,1-2H3/p+1. The third-order valence-corrected chi connectivity index (χ3v) is 6.81. The van der Waals surface area contributed by atoms with Gasteiger partial charge in [0, 0.05) is 23.1 Å². The van der Waals surface area contributed by atoms with Crippen molar-refractivity contribution in [3.63, 3.8) is 0 Å². The Kier molecular flexibility index (Phi) is 5.18. The third-order valence-electron chi connectivity index (χ3n) is 6.39. The molecule has 2 aromatic rings. The molecular weight excluding hydrogens is 340 g/mol. The van der Waals surface area contributed by atoms with Gasteiger partial charge >= 0.3 is 0 Å². The lowest BCUT2D eigenvalue weighted by Crippen LogP contribution is -3.14. The van der Waals surface area contributed by atoms with Gasteiger partial charge in [0.05, 0.1) is 26.2 Å². The Bertz CT molecular complexity index is 793. The molecule has 5 heteroatoms. The summed E-state index contributed by atoms with van der Waals surface area (Å²) in [5, 5.41) is 0. The van der Waals surface area contributed by atoms with Crippen molar-refractivity contribution in [1.82, 2.24) is 9.13 Å². The molecular formula is C21H31N4S+. The van der Waals surface area contributed by atoms with Crippen LogP contribution in [0, 0.1) is 18.6 Å². The van der Waals surface area contributed by atoms with Crippen LogP contribution in [0.4, 0.5) is 5.69 Å². The molecule has 0 unspecified atom stereocenters. The highest BCUT2D eigenvalue weighted by Gasteiger charge is 2.25. The molecule has 1 aliphatic heterocycles. The molecule has 26 heavy (non-hydrogen) atoms. The molecule has 0 spiro atoms. The molecule has 140 valence electrons. The molecule has 4 rings (SSSR count). The highest BCUT2D eigenvalue weighted by Crippen LogP contribution is 2.32. The van der Waals surface area contributed by atoms with Crippen LogP contribution >= 0.6 is 12.2 Å². The zero-order valence-electron chi connectivity index (χ0n) is 16.1. The van der Waals surface area contributed by atoms with Gasteiger partial charge in [0.15, 0.2) is 11.4 Å². The predicted molar refractivity (Wildman–Crippen MR) is 110 cm³/mol. The van der Waals surface area contributed by atoms with Crippen LogP contribution < -0.4 is 9.80 Å². The Balaban J connectivity index is 1.45. The minimum absolute atomic E-state index is 0.632. The normalized spacial score (nSPS) is 19.4. The Hall–Kier alpha value is -1.59. The Morgan fingerprint density at radius 2 is 1.65 bits per heavy atom. The van der Waals surface area contributed by atoms with E-state index in [1.54, 1.807) is 4.90 Å².